The van der Waals surface area contributed by atoms with Gasteiger partial charge in [-0.2, -0.15) is 11.8 Å². The van der Waals surface area contributed by atoms with Gasteiger partial charge in [-0.1, -0.05) is 13.8 Å². The summed E-state index contributed by atoms with van der Waals surface area (Å²) in [6.07, 6.45) is 2.41. The molecule has 126 valence electrons. The fraction of sp³-hybridized carbons (Fsp3) is 1.00. The second-order valence-electron chi connectivity index (χ2n) is 7.60. The Morgan fingerprint density at radius 1 is 1.29 bits per heavy atom. The van der Waals surface area contributed by atoms with Crippen LogP contribution >= 0.6 is 11.8 Å². The lowest BCUT2D eigenvalue weighted by molar-refractivity contribution is 0.143. The standard InChI is InChI=1S/C15H32N2O2S2/c1-7-15(5,11-16-14(2,3)4)12-17-8-9-20-10-13(17)21(6,18)19/h13,16H,7-12H2,1-6H3. The molecule has 1 fully saturated rings. The van der Waals surface area contributed by atoms with E-state index in [-0.39, 0.29) is 16.3 Å². The zero-order valence-corrected chi connectivity index (χ0v) is 16.0. The topological polar surface area (TPSA) is 49.4 Å². The number of sulfone groups is 1. The van der Waals surface area contributed by atoms with Crippen LogP contribution in [0.3, 0.4) is 0 Å². The maximum absolute atomic E-state index is 12.0. The zero-order valence-electron chi connectivity index (χ0n) is 14.4. The Hall–Kier alpha value is 0.220. The lowest BCUT2D eigenvalue weighted by atomic mass is 9.85. The van der Waals surface area contributed by atoms with Crippen molar-refractivity contribution in [1.82, 2.24) is 10.2 Å². The molecule has 1 aliphatic heterocycles. The van der Waals surface area contributed by atoms with E-state index in [1.54, 1.807) is 11.8 Å². The highest BCUT2D eigenvalue weighted by Crippen LogP contribution is 2.28. The van der Waals surface area contributed by atoms with Gasteiger partial charge in [0.2, 0.25) is 0 Å². The Bertz CT molecular complexity index is 431. The number of nitrogens with one attached hydrogen (secondary N) is 1. The lowest BCUT2D eigenvalue weighted by Gasteiger charge is -2.41. The second kappa shape index (κ2) is 7.20. The van der Waals surface area contributed by atoms with Gasteiger partial charge in [-0.3, -0.25) is 4.90 Å². The van der Waals surface area contributed by atoms with Crippen LogP contribution in [-0.2, 0) is 9.84 Å². The first-order chi connectivity index (χ1) is 9.47. The first kappa shape index (κ1) is 19.3. The molecule has 0 aromatic carbocycles. The van der Waals surface area contributed by atoms with Crippen LogP contribution in [0.25, 0.3) is 0 Å². The largest absolute Gasteiger partial charge is 0.311 e. The fourth-order valence-electron chi connectivity index (χ4n) is 2.45. The van der Waals surface area contributed by atoms with E-state index in [4.69, 9.17) is 0 Å². The van der Waals surface area contributed by atoms with Crippen LogP contribution in [-0.4, -0.2) is 61.6 Å². The molecule has 2 unspecified atom stereocenters. The van der Waals surface area contributed by atoms with Crippen molar-refractivity contribution < 1.29 is 8.42 Å². The number of hydrogen-bond donors (Lipinski definition) is 1. The van der Waals surface area contributed by atoms with E-state index in [0.29, 0.717) is 5.75 Å². The Balaban J connectivity index is 2.77. The summed E-state index contributed by atoms with van der Waals surface area (Å²) in [5, 5.41) is 3.25. The average molecular weight is 337 g/mol. The van der Waals surface area contributed by atoms with Gasteiger partial charge in [0, 0.05) is 42.9 Å². The van der Waals surface area contributed by atoms with Crippen molar-refractivity contribution in [1.29, 1.82) is 0 Å². The molecule has 1 heterocycles. The first-order valence-electron chi connectivity index (χ1n) is 7.72. The molecule has 0 bridgehead atoms. The van der Waals surface area contributed by atoms with Gasteiger partial charge >= 0.3 is 0 Å². The minimum atomic E-state index is -3.01. The zero-order chi connectivity index (χ0) is 16.3. The predicted octanol–water partition coefficient (Wildman–Crippen LogP) is 2.21. The van der Waals surface area contributed by atoms with Crippen LogP contribution in [0.2, 0.25) is 0 Å². The summed E-state index contributed by atoms with van der Waals surface area (Å²) in [6.45, 7) is 13.6. The third-order valence-corrected chi connectivity index (χ3v) is 6.86. The summed E-state index contributed by atoms with van der Waals surface area (Å²) < 4.78 is 24.0. The van der Waals surface area contributed by atoms with Gasteiger partial charge in [0.1, 0.15) is 5.37 Å². The number of nitrogens with zero attached hydrogens (tertiary/aromatic N) is 1. The average Bonchev–Trinajstić information content (AvgIpc) is 2.35. The molecule has 21 heavy (non-hydrogen) atoms. The molecule has 0 saturated carbocycles. The van der Waals surface area contributed by atoms with Crippen molar-refractivity contribution in [2.24, 2.45) is 5.41 Å². The summed E-state index contributed by atoms with van der Waals surface area (Å²) in [5.74, 6) is 1.73. The minimum absolute atomic E-state index is 0.0877. The van der Waals surface area contributed by atoms with Gasteiger partial charge in [0.25, 0.3) is 0 Å². The molecule has 0 radical (unpaired) electrons. The molecule has 1 rings (SSSR count). The summed E-state index contributed by atoms with van der Waals surface area (Å²) in [6, 6.07) is 0. The Kier molecular flexibility index (Phi) is 6.60. The van der Waals surface area contributed by atoms with Gasteiger partial charge in [0.15, 0.2) is 9.84 Å². The number of rotatable bonds is 6. The third-order valence-electron chi connectivity index (χ3n) is 4.17. The van der Waals surface area contributed by atoms with Crippen LogP contribution < -0.4 is 5.32 Å². The van der Waals surface area contributed by atoms with Crippen LogP contribution in [0.1, 0.15) is 41.0 Å². The molecule has 0 amide bonds. The molecule has 1 N–H and O–H groups in total. The van der Waals surface area contributed by atoms with E-state index in [1.807, 2.05) is 0 Å². The molecule has 1 saturated heterocycles. The van der Waals surface area contributed by atoms with Crippen LogP contribution in [0, 0.1) is 5.41 Å². The van der Waals surface area contributed by atoms with Crippen molar-refractivity contribution in [3.05, 3.63) is 0 Å². The van der Waals surface area contributed by atoms with Crippen molar-refractivity contribution in [3.63, 3.8) is 0 Å². The summed E-state index contributed by atoms with van der Waals surface area (Å²) >= 11 is 1.75. The number of thioether (sulfide) groups is 1. The Morgan fingerprint density at radius 3 is 2.38 bits per heavy atom. The fourth-order valence-corrected chi connectivity index (χ4v) is 5.39. The molecule has 0 aromatic heterocycles. The summed E-state index contributed by atoms with van der Waals surface area (Å²) in [4.78, 5) is 2.18. The molecule has 6 heteroatoms. The first-order valence-corrected chi connectivity index (χ1v) is 10.8. The molecular formula is C15H32N2O2S2. The van der Waals surface area contributed by atoms with Gasteiger partial charge in [-0.15, -0.1) is 0 Å². The summed E-state index contributed by atoms with van der Waals surface area (Å²) in [7, 11) is -3.01. The van der Waals surface area contributed by atoms with Crippen molar-refractivity contribution in [3.8, 4) is 0 Å². The van der Waals surface area contributed by atoms with Crippen LogP contribution in [0.5, 0.6) is 0 Å². The van der Waals surface area contributed by atoms with E-state index in [0.717, 1.165) is 31.8 Å². The van der Waals surface area contributed by atoms with E-state index in [9.17, 15) is 8.42 Å². The third kappa shape index (κ3) is 6.47. The molecule has 2 atom stereocenters. The highest BCUT2D eigenvalue weighted by atomic mass is 32.2. The molecule has 0 aliphatic carbocycles. The highest BCUT2D eigenvalue weighted by molar-refractivity contribution is 8.00. The lowest BCUT2D eigenvalue weighted by Crippen LogP contribution is -2.53. The molecular weight excluding hydrogens is 304 g/mol. The second-order valence-corrected chi connectivity index (χ2v) is 11.0. The van der Waals surface area contributed by atoms with Gasteiger partial charge in [-0.05, 0) is 32.6 Å². The highest BCUT2D eigenvalue weighted by Gasteiger charge is 2.35. The van der Waals surface area contributed by atoms with E-state index >= 15 is 0 Å². The van der Waals surface area contributed by atoms with E-state index in [2.05, 4.69) is 44.8 Å². The maximum Gasteiger partial charge on any atom is 0.164 e. The SMILES string of the molecule is CCC(C)(CNC(C)(C)C)CN1CCSCC1S(C)(=O)=O. The predicted molar refractivity (Wildman–Crippen MR) is 93.7 cm³/mol. The van der Waals surface area contributed by atoms with Gasteiger partial charge in [0.05, 0.1) is 0 Å². The van der Waals surface area contributed by atoms with Crippen molar-refractivity contribution in [2.75, 3.05) is 37.4 Å². The normalized spacial score (nSPS) is 24.8. The minimum Gasteiger partial charge on any atom is -0.311 e. The maximum atomic E-state index is 12.0. The summed E-state index contributed by atoms with van der Waals surface area (Å²) in [5.41, 5.74) is 0.183. The Morgan fingerprint density at radius 2 is 1.90 bits per heavy atom. The van der Waals surface area contributed by atoms with Crippen LogP contribution in [0.4, 0.5) is 0 Å². The van der Waals surface area contributed by atoms with E-state index < -0.39 is 9.84 Å². The quantitative estimate of drug-likeness (QED) is 0.806. The van der Waals surface area contributed by atoms with Gasteiger partial charge in [-0.25, -0.2) is 8.42 Å². The smallest absolute Gasteiger partial charge is 0.164 e. The number of hydrogen-bond acceptors (Lipinski definition) is 5. The van der Waals surface area contributed by atoms with Crippen molar-refractivity contribution in [2.45, 2.75) is 52.0 Å². The monoisotopic (exact) mass is 336 g/mol. The molecule has 1 aliphatic rings. The van der Waals surface area contributed by atoms with E-state index in [1.165, 1.54) is 6.26 Å². The molecule has 0 aromatic rings. The molecule has 4 nitrogen and oxygen atoms in total. The molecule has 0 spiro atoms. The van der Waals surface area contributed by atoms with Crippen LogP contribution in [0.15, 0.2) is 0 Å². The van der Waals surface area contributed by atoms with Crippen molar-refractivity contribution >= 4 is 21.6 Å². The Labute approximate surface area is 135 Å². The van der Waals surface area contributed by atoms with Gasteiger partial charge < -0.3 is 5.32 Å².